The van der Waals surface area contributed by atoms with Crippen molar-refractivity contribution >= 4 is 11.9 Å². The minimum Gasteiger partial charge on any atom is -0.481 e. The van der Waals surface area contributed by atoms with Gasteiger partial charge in [0.1, 0.15) is 5.75 Å². The highest BCUT2D eigenvalue weighted by Gasteiger charge is 2.30. The summed E-state index contributed by atoms with van der Waals surface area (Å²) >= 11 is 0. The van der Waals surface area contributed by atoms with E-state index in [1.807, 2.05) is 30.3 Å². The highest BCUT2D eigenvalue weighted by molar-refractivity contribution is 5.81. The molecule has 0 saturated carbocycles. The molecule has 1 saturated heterocycles. The largest absolute Gasteiger partial charge is 0.481 e. The monoisotopic (exact) mass is 305 g/mol. The summed E-state index contributed by atoms with van der Waals surface area (Å²) in [5.74, 6) is 0.411. The standard InChI is InChI=1S/C17H23NO4/c1-3-21-17(20)14-9-11-18(12-10-14)16(19)13(2)22-15-7-5-4-6-8-15/h4-8,13-14H,3,9-12H2,1-2H3/t13-/m0/s1. The van der Waals surface area contributed by atoms with Gasteiger partial charge in [-0.15, -0.1) is 0 Å². The van der Waals surface area contributed by atoms with E-state index >= 15 is 0 Å². The van der Waals surface area contributed by atoms with Crippen molar-refractivity contribution in [2.24, 2.45) is 5.92 Å². The van der Waals surface area contributed by atoms with Gasteiger partial charge in [0.25, 0.3) is 5.91 Å². The van der Waals surface area contributed by atoms with E-state index in [1.165, 1.54) is 0 Å². The van der Waals surface area contributed by atoms with Crippen molar-refractivity contribution in [2.75, 3.05) is 19.7 Å². The van der Waals surface area contributed by atoms with Crippen molar-refractivity contribution in [1.29, 1.82) is 0 Å². The molecule has 1 aliphatic heterocycles. The number of para-hydroxylation sites is 1. The number of likely N-dealkylation sites (tertiary alicyclic amines) is 1. The molecule has 1 aromatic rings. The third-order valence-electron chi connectivity index (χ3n) is 3.83. The SMILES string of the molecule is CCOC(=O)C1CCN(C(=O)[C@H](C)Oc2ccccc2)CC1. The van der Waals surface area contributed by atoms with E-state index in [9.17, 15) is 9.59 Å². The summed E-state index contributed by atoms with van der Waals surface area (Å²) < 4.78 is 10.7. The summed E-state index contributed by atoms with van der Waals surface area (Å²) in [4.78, 5) is 25.9. The number of hydrogen-bond donors (Lipinski definition) is 0. The van der Waals surface area contributed by atoms with Crippen LogP contribution in [0.25, 0.3) is 0 Å². The average Bonchev–Trinajstić information content (AvgIpc) is 2.55. The number of ether oxygens (including phenoxy) is 2. The number of carbonyl (C=O) groups excluding carboxylic acids is 2. The fourth-order valence-corrected chi connectivity index (χ4v) is 2.61. The molecule has 0 spiro atoms. The Labute approximate surface area is 131 Å². The van der Waals surface area contributed by atoms with Gasteiger partial charge in [-0.05, 0) is 38.8 Å². The Hall–Kier alpha value is -2.04. The van der Waals surface area contributed by atoms with Crippen molar-refractivity contribution in [3.63, 3.8) is 0 Å². The number of hydrogen-bond acceptors (Lipinski definition) is 4. The molecule has 2 rings (SSSR count). The molecule has 0 unspecified atom stereocenters. The molecule has 0 N–H and O–H groups in total. The molecule has 0 bridgehead atoms. The van der Waals surface area contributed by atoms with E-state index in [-0.39, 0.29) is 17.8 Å². The topological polar surface area (TPSA) is 55.8 Å². The van der Waals surface area contributed by atoms with E-state index in [4.69, 9.17) is 9.47 Å². The van der Waals surface area contributed by atoms with Gasteiger partial charge in [-0.25, -0.2) is 0 Å². The number of piperidine rings is 1. The lowest BCUT2D eigenvalue weighted by molar-refractivity contribution is -0.152. The van der Waals surface area contributed by atoms with E-state index in [2.05, 4.69) is 0 Å². The fourth-order valence-electron chi connectivity index (χ4n) is 2.61. The molecule has 120 valence electrons. The molecular formula is C17H23NO4. The molecule has 0 radical (unpaired) electrons. The van der Waals surface area contributed by atoms with Gasteiger partial charge in [-0.1, -0.05) is 18.2 Å². The van der Waals surface area contributed by atoms with Gasteiger partial charge < -0.3 is 14.4 Å². The molecular weight excluding hydrogens is 282 g/mol. The van der Waals surface area contributed by atoms with Gasteiger partial charge in [-0.3, -0.25) is 9.59 Å². The zero-order chi connectivity index (χ0) is 15.9. The van der Waals surface area contributed by atoms with Gasteiger partial charge in [-0.2, -0.15) is 0 Å². The minimum absolute atomic E-state index is 0.0360. The summed E-state index contributed by atoms with van der Waals surface area (Å²) in [6, 6.07) is 9.31. The van der Waals surface area contributed by atoms with Crippen LogP contribution in [0.3, 0.4) is 0 Å². The first-order chi connectivity index (χ1) is 10.6. The number of amides is 1. The van der Waals surface area contributed by atoms with E-state index in [0.717, 1.165) is 0 Å². The smallest absolute Gasteiger partial charge is 0.309 e. The number of benzene rings is 1. The third-order valence-corrected chi connectivity index (χ3v) is 3.83. The van der Waals surface area contributed by atoms with Crippen LogP contribution < -0.4 is 4.74 Å². The highest BCUT2D eigenvalue weighted by Crippen LogP contribution is 2.20. The predicted molar refractivity (Wildman–Crippen MR) is 82.5 cm³/mol. The highest BCUT2D eigenvalue weighted by atomic mass is 16.5. The van der Waals surface area contributed by atoms with Crippen LogP contribution in [0.2, 0.25) is 0 Å². The average molecular weight is 305 g/mol. The maximum Gasteiger partial charge on any atom is 0.309 e. The molecule has 1 amide bonds. The van der Waals surface area contributed by atoms with Crippen molar-refractivity contribution in [3.05, 3.63) is 30.3 Å². The number of carbonyl (C=O) groups is 2. The van der Waals surface area contributed by atoms with Crippen molar-refractivity contribution in [1.82, 2.24) is 4.90 Å². The molecule has 0 aliphatic carbocycles. The van der Waals surface area contributed by atoms with Gasteiger partial charge in [0.2, 0.25) is 0 Å². The van der Waals surface area contributed by atoms with Crippen LogP contribution in [0.1, 0.15) is 26.7 Å². The van der Waals surface area contributed by atoms with E-state index in [1.54, 1.807) is 18.7 Å². The normalized spacial score (nSPS) is 16.9. The van der Waals surface area contributed by atoms with E-state index < -0.39 is 6.10 Å². The van der Waals surface area contributed by atoms with Crippen LogP contribution in [-0.2, 0) is 14.3 Å². The second-order valence-corrected chi connectivity index (χ2v) is 5.42. The second kappa shape index (κ2) is 7.82. The molecule has 1 heterocycles. The lowest BCUT2D eigenvalue weighted by Gasteiger charge is -2.32. The zero-order valence-electron chi connectivity index (χ0n) is 13.2. The van der Waals surface area contributed by atoms with Crippen molar-refractivity contribution in [2.45, 2.75) is 32.8 Å². The Morgan fingerprint density at radius 3 is 2.45 bits per heavy atom. The Bertz CT molecular complexity index is 495. The Morgan fingerprint density at radius 2 is 1.86 bits per heavy atom. The van der Waals surface area contributed by atoms with Crippen LogP contribution in [0.15, 0.2) is 30.3 Å². The minimum atomic E-state index is -0.526. The maximum atomic E-state index is 12.4. The van der Waals surface area contributed by atoms with Crippen LogP contribution in [0.4, 0.5) is 0 Å². The molecule has 1 atom stereocenters. The molecule has 22 heavy (non-hydrogen) atoms. The Kier molecular flexibility index (Phi) is 5.81. The number of rotatable bonds is 5. The van der Waals surface area contributed by atoms with Crippen LogP contribution in [0, 0.1) is 5.92 Å². The quantitative estimate of drug-likeness (QED) is 0.783. The summed E-state index contributed by atoms with van der Waals surface area (Å²) in [6.07, 6.45) is 0.784. The van der Waals surface area contributed by atoms with Crippen LogP contribution in [-0.4, -0.2) is 42.6 Å². The predicted octanol–water partition coefficient (Wildman–Crippen LogP) is 2.26. The summed E-state index contributed by atoms with van der Waals surface area (Å²) in [7, 11) is 0. The zero-order valence-corrected chi connectivity index (χ0v) is 13.2. The molecule has 5 heteroatoms. The van der Waals surface area contributed by atoms with Gasteiger partial charge in [0.15, 0.2) is 6.10 Å². The van der Waals surface area contributed by atoms with Crippen molar-refractivity contribution in [3.8, 4) is 5.75 Å². The van der Waals surface area contributed by atoms with Gasteiger partial charge >= 0.3 is 5.97 Å². The second-order valence-electron chi connectivity index (χ2n) is 5.42. The van der Waals surface area contributed by atoms with Crippen LogP contribution in [0.5, 0.6) is 5.75 Å². The van der Waals surface area contributed by atoms with Gasteiger partial charge in [0, 0.05) is 13.1 Å². The lowest BCUT2D eigenvalue weighted by Crippen LogP contribution is -2.45. The number of nitrogens with zero attached hydrogens (tertiary/aromatic N) is 1. The van der Waals surface area contributed by atoms with Crippen LogP contribution >= 0.6 is 0 Å². The maximum absolute atomic E-state index is 12.4. The molecule has 1 aliphatic rings. The van der Waals surface area contributed by atoms with E-state index in [0.29, 0.717) is 38.3 Å². The first-order valence-electron chi connectivity index (χ1n) is 7.79. The summed E-state index contributed by atoms with van der Waals surface area (Å²) in [6.45, 7) is 5.11. The first kappa shape index (κ1) is 16.3. The lowest BCUT2D eigenvalue weighted by atomic mass is 9.97. The Morgan fingerprint density at radius 1 is 1.23 bits per heavy atom. The fraction of sp³-hybridized carbons (Fsp3) is 0.529. The van der Waals surface area contributed by atoms with Gasteiger partial charge in [0.05, 0.1) is 12.5 Å². The molecule has 1 fully saturated rings. The third kappa shape index (κ3) is 4.23. The molecule has 0 aromatic heterocycles. The number of esters is 1. The summed E-state index contributed by atoms with van der Waals surface area (Å²) in [5, 5.41) is 0. The van der Waals surface area contributed by atoms with Crippen molar-refractivity contribution < 1.29 is 19.1 Å². The first-order valence-corrected chi connectivity index (χ1v) is 7.79. The molecule has 1 aromatic carbocycles. The Balaban J connectivity index is 1.83. The molecule has 5 nitrogen and oxygen atoms in total. The summed E-state index contributed by atoms with van der Waals surface area (Å²) in [5.41, 5.74) is 0.